The standard InChI is InChI=1S/C25H27BrN4O3/c1-15-7-5-13-29-16(2)20(27-24(15)29)22(31)19-21(17-8-10-18(26)11-9-17)30(25(33)23(19)32)14-6-12-28(3)4/h5,7-11,13,21,31H,6,12,14H2,1-4H3. The molecule has 0 spiro atoms. The number of benzene rings is 1. The molecule has 3 aromatic rings. The van der Waals surface area contributed by atoms with Gasteiger partial charge in [-0.3, -0.25) is 9.59 Å². The topological polar surface area (TPSA) is 78.2 Å². The molecule has 8 heteroatoms. The zero-order valence-corrected chi connectivity index (χ0v) is 20.8. The summed E-state index contributed by atoms with van der Waals surface area (Å²) in [6.45, 7) is 4.97. The predicted molar refractivity (Wildman–Crippen MR) is 131 cm³/mol. The van der Waals surface area contributed by atoms with E-state index in [1.807, 2.05) is 79.8 Å². The van der Waals surface area contributed by atoms with Gasteiger partial charge in [0, 0.05) is 17.2 Å². The van der Waals surface area contributed by atoms with Crippen LogP contribution in [0.1, 0.15) is 35.0 Å². The van der Waals surface area contributed by atoms with Gasteiger partial charge in [0.25, 0.3) is 11.7 Å². The summed E-state index contributed by atoms with van der Waals surface area (Å²) in [6.07, 6.45) is 2.58. The maximum atomic E-state index is 13.2. The molecule has 1 aliphatic heterocycles. The molecular formula is C25H27BrN4O3. The smallest absolute Gasteiger partial charge is 0.295 e. The maximum absolute atomic E-state index is 13.2. The van der Waals surface area contributed by atoms with E-state index in [9.17, 15) is 14.7 Å². The quantitative estimate of drug-likeness (QED) is 0.307. The molecular weight excluding hydrogens is 484 g/mol. The van der Waals surface area contributed by atoms with E-state index < -0.39 is 17.7 Å². The zero-order chi connectivity index (χ0) is 23.9. The fourth-order valence-electron chi connectivity index (χ4n) is 4.33. The monoisotopic (exact) mass is 510 g/mol. The molecule has 0 saturated carbocycles. The number of aryl methyl sites for hydroxylation is 2. The highest BCUT2D eigenvalue weighted by atomic mass is 79.9. The van der Waals surface area contributed by atoms with Crippen LogP contribution < -0.4 is 0 Å². The van der Waals surface area contributed by atoms with Crippen molar-refractivity contribution in [3.05, 3.63) is 75.2 Å². The summed E-state index contributed by atoms with van der Waals surface area (Å²) in [5, 5.41) is 11.4. The number of aliphatic hydroxyl groups excluding tert-OH is 1. The van der Waals surface area contributed by atoms with Gasteiger partial charge in [0.05, 0.1) is 17.3 Å². The Balaban J connectivity index is 1.87. The first-order valence-corrected chi connectivity index (χ1v) is 11.6. The summed E-state index contributed by atoms with van der Waals surface area (Å²) in [4.78, 5) is 34.5. The summed E-state index contributed by atoms with van der Waals surface area (Å²) in [5.41, 5.74) is 3.53. The molecule has 1 amide bonds. The number of amides is 1. The van der Waals surface area contributed by atoms with E-state index in [2.05, 4.69) is 20.9 Å². The number of hydrogen-bond acceptors (Lipinski definition) is 5. The Morgan fingerprint density at radius 3 is 2.48 bits per heavy atom. The second kappa shape index (κ2) is 9.11. The van der Waals surface area contributed by atoms with Crippen LogP contribution in [-0.2, 0) is 9.59 Å². The first kappa shape index (κ1) is 23.2. The number of aromatic nitrogens is 2. The molecule has 3 heterocycles. The van der Waals surface area contributed by atoms with Crippen molar-refractivity contribution in [3.63, 3.8) is 0 Å². The largest absolute Gasteiger partial charge is 0.505 e. The molecule has 0 bridgehead atoms. The lowest BCUT2D eigenvalue weighted by molar-refractivity contribution is -0.139. The fourth-order valence-corrected chi connectivity index (χ4v) is 4.60. The van der Waals surface area contributed by atoms with Gasteiger partial charge in [-0.25, -0.2) is 4.98 Å². The predicted octanol–water partition coefficient (Wildman–Crippen LogP) is 4.09. The van der Waals surface area contributed by atoms with Crippen molar-refractivity contribution < 1.29 is 14.7 Å². The van der Waals surface area contributed by atoms with Crippen LogP contribution in [0.3, 0.4) is 0 Å². The van der Waals surface area contributed by atoms with Gasteiger partial charge >= 0.3 is 0 Å². The Morgan fingerprint density at radius 2 is 1.85 bits per heavy atom. The van der Waals surface area contributed by atoms with Crippen LogP contribution in [0.4, 0.5) is 0 Å². The number of fused-ring (bicyclic) bond motifs is 1. The lowest BCUT2D eigenvalue weighted by atomic mass is 9.96. The summed E-state index contributed by atoms with van der Waals surface area (Å²) in [6, 6.07) is 10.7. The number of nitrogens with zero attached hydrogens (tertiary/aromatic N) is 4. The van der Waals surface area contributed by atoms with E-state index in [-0.39, 0.29) is 11.3 Å². The number of carbonyl (C=O) groups excluding carboxylic acids is 2. The average molecular weight is 511 g/mol. The number of hydrogen-bond donors (Lipinski definition) is 1. The highest BCUT2D eigenvalue weighted by Crippen LogP contribution is 2.40. The highest BCUT2D eigenvalue weighted by Gasteiger charge is 2.46. The second-order valence-corrected chi connectivity index (χ2v) is 9.55. The maximum Gasteiger partial charge on any atom is 0.295 e. The third kappa shape index (κ3) is 4.20. The minimum Gasteiger partial charge on any atom is -0.505 e. The van der Waals surface area contributed by atoms with E-state index in [0.717, 1.165) is 22.1 Å². The van der Waals surface area contributed by atoms with Crippen LogP contribution in [0.5, 0.6) is 0 Å². The molecule has 2 aromatic heterocycles. The number of aliphatic hydroxyl groups is 1. The van der Waals surface area contributed by atoms with Gasteiger partial charge in [0.15, 0.2) is 5.76 Å². The fraction of sp³-hybridized carbons (Fsp3) is 0.320. The zero-order valence-electron chi connectivity index (χ0n) is 19.2. The number of ketones is 1. The lowest BCUT2D eigenvalue weighted by Crippen LogP contribution is -2.32. The normalized spacial score (nSPS) is 18.1. The van der Waals surface area contributed by atoms with Crippen molar-refractivity contribution in [1.82, 2.24) is 19.2 Å². The van der Waals surface area contributed by atoms with Gasteiger partial charge in [-0.2, -0.15) is 0 Å². The number of pyridine rings is 1. The molecule has 1 aliphatic rings. The Hall–Kier alpha value is -2.97. The van der Waals surface area contributed by atoms with Crippen molar-refractivity contribution in [2.75, 3.05) is 27.2 Å². The van der Waals surface area contributed by atoms with Gasteiger partial charge in [-0.1, -0.05) is 34.1 Å². The Labute approximate surface area is 201 Å². The van der Waals surface area contributed by atoms with Crippen molar-refractivity contribution in [3.8, 4) is 0 Å². The van der Waals surface area contributed by atoms with Crippen LogP contribution in [0.15, 0.2) is 52.6 Å². The molecule has 1 unspecified atom stereocenters. The van der Waals surface area contributed by atoms with E-state index in [1.54, 1.807) is 4.90 Å². The number of likely N-dealkylation sites (tertiary alicyclic amines) is 1. The molecule has 0 aliphatic carbocycles. The van der Waals surface area contributed by atoms with E-state index in [0.29, 0.717) is 30.0 Å². The van der Waals surface area contributed by atoms with E-state index >= 15 is 0 Å². The summed E-state index contributed by atoms with van der Waals surface area (Å²) >= 11 is 3.44. The number of Topliss-reactive ketones (excluding diaryl/α,β-unsaturated/α-hetero) is 1. The van der Waals surface area contributed by atoms with Gasteiger partial charge in [0.2, 0.25) is 0 Å². The van der Waals surface area contributed by atoms with Crippen molar-refractivity contribution >= 4 is 39.0 Å². The summed E-state index contributed by atoms with van der Waals surface area (Å²) in [7, 11) is 3.93. The van der Waals surface area contributed by atoms with Crippen molar-refractivity contribution in [2.45, 2.75) is 26.3 Å². The Bertz CT molecular complexity index is 1260. The van der Waals surface area contributed by atoms with Crippen LogP contribution >= 0.6 is 15.9 Å². The van der Waals surface area contributed by atoms with Gasteiger partial charge in [-0.05, 0) is 70.2 Å². The van der Waals surface area contributed by atoms with Crippen LogP contribution in [0.2, 0.25) is 0 Å². The van der Waals surface area contributed by atoms with Crippen LogP contribution in [0.25, 0.3) is 11.4 Å². The first-order valence-electron chi connectivity index (χ1n) is 10.8. The Morgan fingerprint density at radius 1 is 1.15 bits per heavy atom. The Kier molecular flexibility index (Phi) is 6.41. The molecule has 1 fully saturated rings. The van der Waals surface area contributed by atoms with Crippen LogP contribution in [-0.4, -0.2) is 63.2 Å². The molecule has 33 heavy (non-hydrogen) atoms. The van der Waals surface area contributed by atoms with Gasteiger partial charge in [-0.15, -0.1) is 0 Å². The number of carbonyl (C=O) groups is 2. The minimum atomic E-state index is -0.682. The highest BCUT2D eigenvalue weighted by molar-refractivity contribution is 9.10. The third-order valence-electron chi connectivity index (χ3n) is 6.04. The molecule has 1 aromatic carbocycles. The SMILES string of the molecule is Cc1cccn2c(C)c(C(O)=C3C(=O)C(=O)N(CCCN(C)C)C3c3ccc(Br)cc3)nc12. The van der Waals surface area contributed by atoms with E-state index in [1.165, 1.54) is 0 Å². The molecule has 7 nitrogen and oxygen atoms in total. The first-order chi connectivity index (χ1) is 15.7. The number of rotatable bonds is 6. The molecule has 0 radical (unpaired) electrons. The molecule has 1 atom stereocenters. The van der Waals surface area contributed by atoms with Crippen molar-refractivity contribution in [1.29, 1.82) is 0 Å². The second-order valence-electron chi connectivity index (χ2n) is 8.63. The summed E-state index contributed by atoms with van der Waals surface area (Å²) < 4.78 is 2.77. The molecule has 172 valence electrons. The van der Waals surface area contributed by atoms with Crippen LogP contribution in [0, 0.1) is 13.8 Å². The molecule has 1 N–H and O–H groups in total. The number of halogens is 1. The average Bonchev–Trinajstić information content (AvgIpc) is 3.24. The minimum absolute atomic E-state index is 0.0799. The lowest BCUT2D eigenvalue weighted by Gasteiger charge is -2.26. The molecule has 1 saturated heterocycles. The van der Waals surface area contributed by atoms with Crippen molar-refractivity contribution in [2.24, 2.45) is 0 Å². The third-order valence-corrected chi connectivity index (χ3v) is 6.57. The van der Waals surface area contributed by atoms with Gasteiger partial charge in [0.1, 0.15) is 11.3 Å². The number of imidazole rings is 1. The summed E-state index contributed by atoms with van der Waals surface area (Å²) in [5.74, 6) is -1.52. The van der Waals surface area contributed by atoms with Gasteiger partial charge < -0.3 is 19.3 Å². The van der Waals surface area contributed by atoms with E-state index in [4.69, 9.17) is 0 Å². The molecule has 4 rings (SSSR count).